The van der Waals surface area contributed by atoms with E-state index in [1.54, 1.807) is 11.3 Å². The van der Waals surface area contributed by atoms with Gasteiger partial charge in [-0.1, -0.05) is 19.9 Å². The number of hydrogen-bond acceptors (Lipinski definition) is 6. The Morgan fingerprint density at radius 3 is 2.75 bits per heavy atom. The van der Waals surface area contributed by atoms with E-state index in [9.17, 15) is 0 Å². The maximum Gasteiger partial charge on any atom is 0.191 e. The molecule has 2 aromatic rings. The summed E-state index contributed by atoms with van der Waals surface area (Å²) in [5.74, 6) is 1.34. The van der Waals surface area contributed by atoms with Gasteiger partial charge in [-0.05, 0) is 11.4 Å². The van der Waals surface area contributed by atoms with Gasteiger partial charge in [0.1, 0.15) is 0 Å². The fourth-order valence-electron chi connectivity index (χ4n) is 3.21. The quantitative estimate of drug-likeness (QED) is 0.507. The molecule has 0 aliphatic carbocycles. The first-order valence-electron chi connectivity index (χ1n) is 9.91. The molecular formula is C20H31N5OS2. The largest absolute Gasteiger partial charge is 0.379 e. The molecule has 0 amide bonds. The predicted octanol–water partition coefficient (Wildman–Crippen LogP) is 3.11. The lowest BCUT2D eigenvalue weighted by molar-refractivity contribution is 0.0177. The van der Waals surface area contributed by atoms with E-state index in [2.05, 4.69) is 57.3 Å². The lowest BCUT2D eigenvalue weighted by atomic mass is 10.2. The molecule has 0 spiro atoms. The van der Waals surface area contributed by atoms with Crippen LogP contribution >= 0.6 is 22.7 Å². The first-order valence-corrected chi connectivity index (χ1v) is 11.7. The Bertz CT molecular complexity index is 723. The number of thiophene rings is 1. The normalized spacial score (nSPS) is 17.1. The molecule has 28 heavy (non-hydrogen) atoms. The zero-order valence-corrected chi connectivity index (χ0v) is 18.6. The highest BCUT2D eigenvalue weighted by molar-refractivity contribution is 7.10. The lowest BCUT2D eigenvalue weighted by Crippen LogP contribution is -2.46. The van der Waals surface area contributed by atoms with E-state index in [1.165, 1.54) is 9.88 Å². The van der Waals surface area contributed by atoms with E-state index in [-0.39, 0.29) is 0 Å². The van der Waals surface area contributed by atoms with Crippen LogP contribution < -0.4 is 10.6 Å². The van der Waals surface area contributed by atoms with Gasteiger partial charge in [0, 0.05) is 55.8 Å². The van der Waals surface area contributed by atoms with E-state index in [1.807, 2.05) is 18.4 Å². The Morgan fingerprint density at radius 2 is 2.11 bits per heavy atom. The van der Waals surface area contributed by atoms with Crippen LogP contribution in [0.15, 0.2) is 27.9 Å². The Kier molecular flexibility index (Phi) is 8.27. The highest BCUT2D eigenvalue weighted by Crippen LogP contribution is 2.25. The Morgan fingerprint density at radius 1 is 1.29 bits per heavy atom. The molecular weight excluding hydrogens is 390 g/mol. The van der Waals surface area contributed by atoms with Gasteiger partial charge in [0.2, 0.25) is 0 Å². The van der Waals surface area contributed by atoms with E-state index in [0.29, 0.717) is 12.0 Å². The SMILES string of the molecule is CN=C(NCCc1csc(C(C)C)n1)NCC(c1cccs1)N1CCOCC1. The third-order valence-electron chi connectivity index (χ3n) is 4.78. The number of thiazole rings is 1. The molecule has 1 fully saturated rings. The average molecular weight is 422 g/mol. The van der Waals surface area contributed by atoms with Gasteiger partial charge in [0.05, 0.1) is 30.0 Å². The zero-order valence-electron chi connectivity index (χ0n) is 17.0. The molecule has 154 valence electrons. The van der Waals surface area contributed by atoms with Gasteiger partial charge >= 0.3 is 0 Å². The third-order valence-corrected chi connectivity index (χ3v) is 6.95. The second-order valence-electron chi connectivity index (χ2n) is 7.14. The summed E-state index contributed by atoms with van der Waals surface area (Å²) < 4.78 is 5.53. The molecule has 1 atom stereocenters. The van der Waals surface area contributed by atoms with Gasteiger partial charge in [0.25, 0.3) is 0 Å². The number of ether oxygens (including phenoxy) is 1. The van der Waals surface area contributed by atoms with Gasteiger partial charge in [0.15, 0.2) is 5.96 Å². The van der Waals surface area contributed by atoms with Gasteiger partial charge in [-0.25, -0.2) is 4.98 Å². The van der Waals surface area contributed by atoms with Gasteiger partial charge < -0.3 is 15.4 Å². The summed E-state index contributed by atoms with van der Waals surface area (Å²) >= 11 is 3.57. The smallest absolute Gasteiger partial charge is 0.191 e. The molecule has 0 radical (unpaired) electrons. The van der Waals surface area contributed by atoms with Crippen LogP contribution in [0.4, 0.5) is 0 Å². The van der Waals surface area contributed by atoms with Crippen LogP contribution in [0.5, 0.6) is 0 Å². The summed E-state index contributed by atoms with van der Waals surface area (Å²) in [6.07, 6.45) is 0.905. The number of nitrogens with zero attached hydrogens (tertiary/aromatic N) is 3. The molecule has 3 rings (SSSR count). The van der Waals surface area contributed by atoms with Crippen LogP contribution in [0.3, 0.4) is 0 Å². The topological polar surface area (TPSA) is 61.8 Å². The molecule has 1 aliphatic heterocycles. The summed E-state index contributed by atoms with van der Waals surface area (Å²) in [4.78, 5) is 13.0. The van der Waals surface area contributed by atoms with Crippen LogP contribution in [0.25, 0.3) is 0 Å². The van der Waals surface area contributed by atoms with Crippen molar-refractivity contribution in [1.29, 1.82) is 0 Å². The molecule has 1 saturated heterocycles. The standard InChI is InChI=1S/C20H31N5OS2/c1-15(2)19-24-16(14-28-19)6-7-22-20(21-3)23-13-17(18-5-4-12-27-18)25-8-10-26-11-9-25/h4-5,12,14-15,17H,6-11,13H2,1-3H3,(H2,21,22,23). The third kappa shape index (κ3) is 6.01. The first-order chi connectivity index (χ1) is 13.7. The number of rotatable bonds is 8. The van der Waals surface area contributed by atoms with Crippen LogP contribution in [0.2, 0.25) is 0 Å². The van der Waals surface area contributed by atoms with Crippen molar-refractivity contribution >= 4 is 28.6 Å². The summed E-state index contributed by atoms with van der Waals surface area (Å²) in [5.41, 5.74) is 1.15. The van der Waals surface area contributed by atoms with Crippen molar-refractivity contribution in [3.63, 3.8) is 0 Å². The molecule has 1 unspecified atom stereocenters. The molecule has 2 aromatic heterocycles. The molecule has 6 nitrogen and oxygen atoms in total. The van der Waals surface area contributed by atoms with Crippen LogP contribution in [0.1, 0.15) is 41.4 Å². The van der Waals surface area contributed by atoms with Gasteiger partial charge in [-0.3, -0.25) is 9.89 Å². The Labute approximate surface area is 176 Å². The molecule has 0 bridgehead atoms. The van der Waals surface area contributed by atoms with E-state index in [0.717, 1.165) is 57.5 Å². The highest BCUT2D eigenvalue weighted by Gasteiger charge is 2.23. The number of hydrogen-bond donors (Lipinski definition) is 2. The van der Waals surface area contributed by atoms with E-state index >= 15 is 0 Å². The number of aliphatic imine (C=N–C) groups is 1. The number of aromatic nitrogens is 1. The van der Waals surface area contributed by atoms with Crippen molar-refractivity contribution < 1.29 is 4.74 Å². The maximum atomic E-state index is 5.53. The van der Waals surface area contributed by atoms with Gasteiger partial charge in [-0.2, -0.15) is 0 Å². The van der Waals surface area contributed by atoms with Crippen molar-refractivity contribution in [2.75, 3.05) is 46.4 Å². The van der Waals surface area contributed by atoms with Crippen LogP contribution in [-0.2, 0) is 11.2 Å². The zero-order chi connectivity index (χ0) is 19.8. The van der Waals surface area contributed by atoms with Crippen molar-refractivity contribution in [1.82, 2.24) is 20.5 Å². The van der Waals surface area contributed by atoms with Gasteiger partial charge in [-0.15, -0.1) is 22.7 Å². The van der Waals surface area contributed by atoms with E-state index in [4.69, 9.17) is 9.72 Å². The van der Waals surface area contributed by atoms with Crippen molar-refractivity contribution in [3.05, 3.63) is 38.5 Å². The van der Waals surface area contributed by atoms with E-state index < -0.39 is 0 Å². The number of guanidine groups is 1. The molecule has 0 aromatic carbocycles. The van der Waals surface area contributed by atoms with Crippen LogP contribution in [0, 0.1) is 0 Å². The number of morpholine rings is 1. The van der Waals surface area contributed by atoms with Crippen molar-refractivity contribution in [2.45, 2.75) is 32.2 Å². The number of nitrogens with one attached hydrogen (secondary N) is 2. The second-order valence-corrected chi connectivity index (χ2v) is 9.01. The Balaban J connectivity index is 1.49. The lowest BCUT2D eigenvalue weighted by Gasteiger charge is -2.34. The molecule has 8 heteroatoms. The summed E-state index contributed by atoms with van der Waals surface area (Å²) in [6, 6.07) is 4.69. The predicted molar refractivity (Wildman–Crippen MR) is 119 cm³/mol. The fourth-order valence-corrected chi connectivity index (χ4v) is 4.94. The Hall–Kier alpha value is -1.48. The van der Waals surface area contributed by atoms with Crippen molar-refractivity contribution in [3.8, 4) is 0 Å². The average Bonchev–Trinajstić information content (AvgIpc) is 3.40. The molecule has 2 N–H and O–H groups in total. The first kappa shape index (κ1) is 21.2. The minimum atomic E-state index is 0.342. The second kappa shape index (κ2) is 10.9. The van der Waals surface area contributed by atoms with Crippen LogP contribution in [-0.4, -0.2) is 62.3 Å². The molecule has 0 saturated carbocycles. The highest BCUT2D eigenvalue weighted by atomic mass is 32.1. The monoisotopic (exact) mass is 421 g/mol. The minimum Gasteiger partial charge on any atom is -0.379 e. The summed E-state index contributed by atoms with van der Waals surface area (Å²) in [5, 5.41) is 12.5. The maximum absolute atomic E-state index is 5.53. The molecule has 1 aliphatic rings. The summed E-state index contributed by atoms with van der Waals surface area (Å²) in [7, 11) is 1.82. The minimum absolute atomic E-state index is 0.342. The fraction of sp³-hybridized carbons (Fsp3) is 0.600. The molecule has 3 heterocycles. The summed E-state index contributed by atoms with van der Waals surface area (Å²) in [6.45, 7) is 9.57. The van der Waals surface area contributed by atoms with Crippen molar-refractivity contribution in [2.24, 2.45) is 4.99 Å².